The van der Waals surface area contributed by atoms with E-state index in [1.165, 1.54) is 6.20 Å². The first-order valence-electron chi connectivity index (χ1n) is 10.4. The number of unbranched alkanes of at least 4 members (excludes halogenated alkanes) is 2. The number of nitrogens with two attached hydrogens (primary N) is 1. The normalized spacial score (nSPS) is 14.4. The Hall–Kier alpha value is -3.12. The molecule has 1 fully saturated rings. The van der Waals surface area contributed by atoms with Crippen molar-refractivity contribution in [3.05, 3.63) is 46.1 Å². The van der Waals surface area contributed by atoms with Gasteiger partial charge in [-0.25, -0.2) is 18.0 Å². The van der Waals surface area contributed by atoms with Crippen LogP contribution >= 0.6 is 0 Å². The lowest BCUT2D eigenvalue weighted by Gasteiger charge is -2.35. The van der Waals surface area contributed by atoms with Gasteiger partial charge < -0.3 is 20.9 Å². The van der Waals surface area contributed by atoms with Crippen molar-refractivity contribution in [3.8, 4) is 0 Å². The number of nitrogens with zero attached hydrogens (tertiary/aromatic N) is 3. The minimum absolute atomic E-state index is 0.169. The van der Waals surface area contributed by atoms with Gasteiger partial charge in [-0.2, -0.15) is 4.98 Å². The van der Waals surface area contributed by atoms with Gasteiger partial charge in [0.1, 0.15) is 11.5 Å². The molecule has 0 radical (unpaired) electrons. The molecule has 0 spiro atoms. The van der Waals surface area contributed by atoms with Crippen molar-refractivity contribution in [2.75, 3.05) is 54.8 Å². The van der Waals surface area contributed by atoms with E-state index >= 15 is 0 Å². The smallest absolute Gasteiger partial charge is 0.326 e. The maximum Gasteiger partial charge on any atom is 0.326 e. The van der Waals surface area contributed by atoms with E-state index in [-0.39, 0.29) is 5.95 Å². The van der Waals surface area contributed by atoms with Crippen molar-refractivity contribution < 1.29 is 18.0 Å². The highest BCUT2D eigenvalue weighted by atomic mass is 19.2. The second kappa shape index (κ2) is 11.0. The summed E-state index contributed by atoms with van der Waals surface area (Å²) in [4.78, 5) is 35.2. The van der Waals surface area contributed by atoms with E-state index < -0.39 is 34.7 Å². The van der Waals surface area contributed by atoms with E-state index in [1.807, 2.05) is 10.2 Å². The Morgan fingerprint density at radius 1 is 1.03 bits per heavy atom. The summed E-state index contributed by atoms with van der Waals surface area (Å²) in [6.07, 6.45) is 4.66. The molecule has 32 heavy (non-hydrogen) atoms. The Morgan fingerprint density at radius 3 is 2.44 bits per heavy atom. The molecule has 2 amide bonds. The molecule has 0 atom stereocenters. The zero-order valence-corrected chi connectivity index (χ0v) is 17.5. The number of H-pyrrole nitrogens is 1. The first kappa shape index (κ1) is 23.5. The van der Waals surface area contributed by atoms with Gasteiger partial charge in [-0.1, -0.05) is 6.42 Å². The van der Waals surface area contributed by atoms with E-state index in [4.69, 9.17) is 5.73 Å². The molecule has 5 N–H and O–H groups in total. The average molecular weight is 453 g/mol. The fourth-order valence-corrected chi connectivity index (χ4v) is 3.43. The Morgan fingerprint density at radius 2 is 1.75 bits per heavy atom. The van der Waals surface area contributed by atoms with Gasteiger partial charge in [0.2, 0.25) is 5.95 Å². The van der Waals surface area contributed by atoms with Crippen molar-refractivity contribution >= 4 is 23.4 Å². The van der Waals surface area contributed by atoms with Crippen LogP contribution in [0.5, 0.6) is 0 Å². The maximum absolute atomic E-state index is 13.6. The van der Waals surface area contributed by atoms with Crippen molar-refractivity contribution in [1.82, 2.24) is 14.9 Å². The number of hydrogen-bond donors (Lipinski definition) is 4. The number of benzene rings is 1. The quantitative estimate of drug-likeness (QED) is 0.359. The number of anilines is 3. The molecule has 1 saturated heterocycles. The highest BCUT2D eigenvalue weighted by Crippen LogP contribution is 2.18. The fourth-order valence-electron chi connectivity index (χ4n) is 3.43. The Balaban J connectivity index is 1.54. The fraction of sp³-hybridized carbons (Fsp3) is 0.450. The van der Waals surface area contributed by atoms with Crippen LogP contribution in [0.15, 0.2) is 23.1 Å². The van der Waals surface area contributed by atoms with Crippen LogP contribution < -0.4 is 26.8 Å². The standard InChI is InChI=1S/C20H26F3N7O2/c21-13-10-15(23)16(11-14(13)22)26-20(32)28-19-25-12-17(18(31)27-19)30-8-6-29(7-9-30)5-3-1-2-4-24/h10-12H,1-9,24H2,(H3,25,26,27,28,31,32). The largest absolute Gasteiger partial charge is 0.363 e. The highest BCUT2D eigenvalue weighted by Gasteiger charge is 2.20. The van der Waals surface area contributed by atoms with E-state index in [0.29, 0.717) is 37.5 Å². The summed E-state index contributed by atoms with van der Waals surface area (Å²) in [6.45, 7) is 4.69. The number of rotatable bonds is 8. The van der Waals surface area contributed by atoms with Gasteiger partial charge in [-0.15, -0.1) is 0 Å². The topological polar surface area (TPSA) is 119 Å². The van der Waals surface area contributed by atoms with Crippen molar-refractivity contribution in [1.29, 1.82) is 0 Å². The van der Waals surface area contributed by atoms with Crippen LogP contribution in [0.1, 0.15) is 19.3 Å². The number of piperazine rings is 1. The van der Waals surface area contributed by atoms with Gasteiger partial charge in [0.25, 0.3) is 5.56 Å². The SMILES string of the molecule is NCCCCCN1CCN(c2c[nH]c(NC(=O)Nc3cc(F)c(F)cc3F)nc2=O)CC1. The lowest BCUT2D eigenvalue weighted by atomic mass is 10.2. The number of halogens is 3. The highest BCUT2D eigenvalue weighted by molar-refractivity contribution is 5.98. The summed E-state index contributed by atoms with van der Waals surface area (Å²) in [5.74, 6) is -4.00. The molecule has 12 heteroatoms. The lowest BCUT2D eigenvalue weighted by molar-refractivity contribution is 0.252. The second-order valence-corrected chi connectivity index (χ2v) is 7.44. The van der Waals surface area contributed by atoms with Gasteiger partial charge in [0.15, 0.2) is 11.6 Å². The molecule has 1 aromatic carbocycles. The molecule has 1 aromatic heterocycles. The number of aromatic amines is 1. The van der Waals surface area contributed by atoms with Gasteiger partial charge in [0.05, 0.1) is 5.69 Å². The van der Waals surface area contributed by atoms with Crippen LogP contribution in [-0.4, -0.2) is 60.2 Å². The third-order valence-corrected chi connectivity index (χ3v) is 5.16. The zero-order valence-electron chi connectivity index (χ0n) is 17.5. The lowest BCUT2D eigenvalue weighted by Crippen LogP contribution is -2.48. The van der Waals surface area contributed by atoms with E-state index in [1.54, 1.807) is 0 Å². The van der Waals surface area contributed by atoms with E-state index in [9.17, 15) is 22.8 Å². The molecule has 1 aliphatic heterocycles. The molecule has 3 rings (SSSR count). The molecule has 0 aliphatic carbocycles. The molecule has 0 bridgehead atoms. The molecular weight excluding hydrogens is 427 g/mol. The summed E-state index contributed by atoms with van der Waals surface area (Å²) in [5, 5.41) is 4.26. The van der Waals surface area contributed by atoms with Crippen molar-refractivity contribution in [2.24, 2.45) is 5.73 Å². The summed E-state index contributed by atoms with van der Waals surface area (Å²) in [7, 11) is 0. The first-order valence-corrected chi connectivity index (χ1v) is 10.4. The van der Waals surface area contributed by atoms with Gasteiger partial charge >= 0.3 is 6.03 Å². The van der Waals surface area contributed by atoms with Crippen LogP contribution in [-0.2, 0) is 0 Å². The van der Waals surface area contributed by atoms with Crippen LogP contribution in [0, 0.1) is 17.5 Å². The van der Waals surface area contributed by atoms with Crippen molar-refractivity contribution in [2.45, 2.75) is 19.3 Å². The molecule has 1 aliphatic rings. The van der Waals surface area contributed by atoms with Crippen LogP contribution in [0.4, 0.5) is 35.3 Å². The van der Waals surface area contributed by atoms with Gasteiger partial charge in [0, 0.05) is 44.5 Å². The molecule has 0 saturated carbocycles. The molecule has 2 heterocycles. The second-order valence-electron chi connectivity index (χ2n) is 7.44. The summed E-state index contributed by atoms with van der Waals surface area (Å²) >= 11 is 0. The number of hydrogen-bond acceptors (Lipinski definition) is 6. The Bertz CT molecular complexity index is 994. The number of aromatic nitrogens is 2. The van der Waals surface area contributed by atoms with E-state index in [0.717, 1.165) is 38.9 Å². The summed E-state index contributed by atoms with van der Waals surface area (Å²) in [6, 6.07) is -0.143. The number of nitrogens with one attached hydrogen (secondary N) is 3. The number of carbonyl (C=O) groups is 1. The van der Waals surface area contributed by atoms with Crippen molar-refractivity contribution in [3.63, 3.8) is 0 Å². The zero-order chi connectivity index (χ0) is 23.1. The summed E-state index contributed by atoms with van der Waals surface area (Å²) < 4.78 is 39.9. The van der Waals surface area contributed by atoms with Gasteiger partial charge in [-0.3, -0.25) is 15.0 Å². The molecule has 9 nitrogen and oxygen atoms in total. The predicted octanol–water partition coefficient (Wildman–Crippen LogP) is 2.08. The number of amides is 2. The monoisotopic (exact) mass is 453 g/mol. The Kier molecular flexibility index (Phi) is 8.06. The van der Waals surface area contributed by atoms with Gasteiger partial charge in [-0.05, 0) is 25.9 Å². The van der Waals surface area contributed by atoms with Crippen LogP contribution in [0.25, 0.3) is 0 Å². The third-order valence-electron chi connectivity index (χ3n) is 5.16. The molecule has 2 aromatic rings. The predicted molar refractivity (Wildman–Crippen MR) is 115 cm³/mol. The van der Waals surface area contributed by atoms with Crippen LogP contribution in [0.3, 0.4) is 0 Å². The average Bonchev–Trinajstić information content (AvgIpc) is 2.76. The number of carbonyl (C=O) groups excluding carboxylic acids is 1. The minimum atomic E-state index is -1.37. The minimum Gasteiger partial charge on any atom is -0.363 e. The number of urea groups is 1. The maximum atomic E-state index is 13.6. The van der Waals surface area contributed by atoms with E-state index in [2.05, 4.69) is 20.2 Å². The first-order chi connectivity index (χ1) is 15.4. The molecule has 0 unspecified atom stereocenters. The molecular formula is C20H26F3N7O2. The summed E-state index contributed by atoms with van der Waals surface area (Å²) in [5.41, 5.74) is 4.80. The van der Waals surface area contributed by atoms with Crippen LogP contribution in [0.2, 0.25) is 0 Å². The molecule has 174 valence electrons. The Labute approximate surface area is 182 Å². The third kappa shape index (κ3) is 6.20.